The van der Waals surface area contributed by atoms with E-state index < -0.39 is 5.41 Å². The summed E-state index contributed by atoms with van der Waals surface area (Å²) >= 11 is 3.70. The maximum atomic E-state index is 6.90. The molecule has 0 amide bonds. The molecule has 0 saturated carbocycles. The highest BCUT2D eigenvalue weighted by Gasteiger charge is 2.53. The van der Waals surface area contributed by atoms with E-state index in [0.717, 1.165) is 71.2 Å². The maximum Gasteiger partial charge on any atom is 0.140 e. The first-order chi connectivity index (χ1) is 17.3. The summed E-state index contributed by atoms with van der Waals surface area (Å²) < 4.78 is 7.84. The number of pyridine rings is 2. The van der Waals surface area contributed by atoms with E-state index >= 15 is 0 Å². The van der Waals surface area contributed by atoms with Crippen LogP contribution in [-0.4, -0.2) is 9.97 Å². The minimum atomic E-state index is -0.591. The van der Waals surface area contributed by atoms with Gasteiger partial charge in [-0.2, -0.15) is 0 Å². The van der Waals surface area contributed by atoms with Crippen molar-refractivity contribution in [2.45, 2.75) is 5.41 Å². The summed E-state index contributed by atoms with van der Waals surface area (Å²) in [7, 11) is 0. The first-order valence-corrected chi connectivity index (χ1v) is 12.4. The predicted octanol–water partition coefficient (Wildman–Crippen LogP) is 8.01. The number of rotatable bonds is 0. The standard InChI is InChI=1S/C31H17BrN2O/c32-20-16-26-28(34-17-20)27-23(10-5-15-33-27)31(26)24-13-11-18-6-1-3-8-21(18)29(24)35-30-22-9-4-2-7-19(22)12-14-25(30)31/h1-17H. The van der Waals surface area contributed by atoms with Crippen molar-refractivity contribution in [1.82, 2.24) is 9.97 Å². The molecule has 2 aliphatic rings. The lowest BCUT2D eigenvalue weighted by Crippen LogP contribution is -2.32. The van der Waals surface area contributed by atoms with E-state index in [1.807, 2.05) is 18.5 Å². The first kappa shape index (κ1) is 19.3. The molecule has 1 spiro atoms. The van der Waals surface area contributed by atoms with Gasteiger partial charge in [0.25, 0.3) is 0 Å². The lowest BCUT2D eigenvalue weighted by Gasteiger charge is -2.39. The highest BCUT2D eigenvalue weighted by molar-refractivity contribution is 9.10. The van der Waals surface area contributed by atoms with Crippen molar-refractivity contribution < 1.29 is 4.74 Å². The Balaban J connectivity index is 1.64. The van der Waals surface area contributed by atoms with Gasteiger partial charge in [-0.25, -0.2) is 0 Å². The van der Waals surface area contributed by atoms with E-state index in [2.05, 4.69) is 101 Å². The predicted molar refractivity (Wildman–Crippen MR) is 142 cm³/mol. The molecule has 0 N–H and O–H groups in total. The number of nitrogens with zero attached hydrogens (tertiary/aromatic N) is 2. The molecule has 8 rings (SSSR count). The van der Waals surface area contributed by atoms with E-state index in [-0.39, 0.29) is 0 Å². The second-order valence-corrected chi connectivity index (χ2v) is 10.0. The Morgan fingerprint density at radius 1 is 0.600 bits per heavy atom. The van der Waals surface area contributed by atoms with Gasteiger partial charge in [-0.1, -0.05) is 78.9 Å². The average molecular weight is 513 g/mol. The summed E-state index contributed by atoms with van der Waals surface area (Å²) in [6.07, 6.45) is 3.71. The van der Waals surface area contributed by atoms with Gasteiger partial charge in [-0.05, 0) is 44.4 Å². The lowest BCUT2D eigenvalue weighted by molar-refractivity contribution is 0.447. The van der Waals surface area contributed by atoms with Crippen molar-refractivity contribution in [2.75, 3.05) is 0 Å². The van der Waals surface area contributed by atoms with E-state index in [0.29, 0.717) is 0 Å². The van der Waals surface area contributed by atoms with Crippen molar-refractivity contribution in [1.29, 1.82) is 0 Å². The molecule has 0 atom stereocenters. The highest BCUT2D eigenvalue weighted by Crippen LogP contribution is 2.63. The fraction of sp³-hybridized carbons (Fsp3) is 0.0323. The van der Waals surface area contributed by atoms with Gasteiger partial charge in [0.2, 0.25) is 0 Å². The number of benzene rings is 4. The number of hydrogen-bond acceptors (Lipinski definition) is 3. The number of ether oxygens (including phenoxy) is 1. The molecule has 0 bridgehead atoms. The summed E-state index contributed by atoms with van der Waals surface area (Å²) in [4.78, 5) is 9.70. The molecule has 35 heavy (non-hydrogen) atoms. The van der Waals surface area contributed by atoms with Gasteiger partial charge in [-0.3, -0.25) is 9.97 Å². The second-order valence-electron chi connectivity index (χ2n) is 9.13. The van der Waals surface area contributed by atoms with Crippen molar-refractivity contribution in [2.24, 2.45) is 0 Å². The SMILES string of the molecule is Brc1cnc2c(c1)C1(c3cccnc3-2)c2ccc3ccccc3c2Oc2c1ccc1ccccc21. The molecule has 1 aliphatic carbocycles. The molecule has 0 radical (unpaired) electrons. The third-order valence-electron chi connectivity index (χ3n) is 7.47. The van der Waals surface area contributed by atoms with E-state index in [1.165, 1.54) is 0 Å². The monoisotopic (exact) mass is 512 g/mol. The van der Waals surface area contributed by atoms with Gasteiger partial charge in [-0.15, -0.1) is 0 Å². The quantitative estimate of drug-likeness (QED) is 0.206. The number of hydrogen-bond donors (Lipinski definition) is 0. The summed E-state index contributed by atoms with van der Waals surface area (Å²) in [5, 5.41) is 4.51. The number of fused-ring (bicyclic) bond motifs is 13. The minimum absolute atomic E-state index is 0.591. The van der Waals surface area contributed by atoms with E-state index in [1.54, 1.807) is 0 Å². The Morgan fingerprint density at radius 3 is 1.91 bits per heavy atom. The molecule has 0 fully saturated rings. The number of aromatic nitrogens is 2. The molecule has 3 nitrogen and oxygen atoms in total. The van der Waals surface area contributed by atoms with Crippen molar-refractivity contribution in [3.8, 4) is 22.9 Å². The van der Waals surface area contributed by atoms with Crippen LogP contribution in [0.5, 0.6) is 11.5 Å². The van der Waals surface area contributed by atoms with Gasteiger partial charge >= 0.3 is 0 Å². The molecule has 1 aliphatic heterocycles. The summed E-state index contributed by atoms with van der Waals surface area (Å²) in [5.41, 5.74) is 5.75. The van der Waals surface area contributed by atoms with Crippen LogP contribution in [0.3, 0.4) is 0 Å². The van der Waals surface area contributed by atoms with Crippen LogP contribution in [0, 0.1) is 0 Å². The van der Waals surface area contributed by atoms with Crippen LogP contribution in [0.2, 0.25) is 0 Å². The topological polar surface area (TPSA) is 35.0 Å². The van der Waals surface area contributed by atoms with Gasteiger partial charge in [0, 0.05) is 44.3 Å². The van der Waals surface area contributed by atoms with E-state index in [9.17, 15) is 0 Å². The summed E-state index contributed by atoms with van der Waals surface area (Å²) in [6.45, 7) is 0. The largest absolute Gasteiger partial charge is 0.455 e. The minimum Gasteiger partial charge on any atom is -0.455 e. The zero-order chi connectivity index (χ0) is 23.1. The summed E-state index contributed by atoms with van der Waals surface area (Å²) in [6, 6.07) is 32.1. The smallest absolute Gasteiger partial charge is 0.140 e. The molecule has 6 aromatic rings. The van der Waals surface area contributed by atoms with Gasteiger partial charge < -0.3 is 4.74 Å². The Kier molecular flexibility index (Phi) is 3.73. The van der Waals surface area contributed by atoms with Gasteiger partial charge in [0.1, 0.15) is 11.5 Å². The zero-order valence-corrected chi connectivity index (χ0v) is 20.1. The van der Waals surface area contributed by atoms with Crippen LogP contribution in [-0.2, 0) is 5.41 Å². The molecular formula is C31H17BrN2O. The van der Waals surface area contributed by atoms with Crippen LogP contribution in [0.25, 0.3) is 32.9 Å². The van der Waals surface area contributed by atoms with Crippen molar-refractivity contribution in [3.05, 3.63) is 130 Å². The van der Waals surface area contributed by atoms with Crippen molar-refractivity contribution in [3.63, 3.8) is 0 Å². The van der Waals surface area contributed by atoms with Crippen LogP contribution in [0.4, 0.5) is 0 Å². The highest BCUT2D eigenvalue weighted by atomic mass is 79.9. The van der Waals surface area contributed by atoms with Gasteiger partial charge in [0.15, 0.2) is 0 Å². The third-order valence-corrected chi connectivity index (χ3v) is 7.90. The average Bonchev–Trinajstić information content (AvgIpc) is 3.19. The maximum absolute atomic E-state index is 6.90. The molecule has 3 heterocycles. The molecule has 0 saturated heterocycles. The molecule has 164 valence electrons. The third kappa shape index (κ3) is 2.35. The zero-order valence-electron chi connectivity index (χ0n) is 18.5. The van der Waals surface area contributed by atoms with Crippen molar-refractivity contribution >= 4 is 37.5 Å². The van der Waals surface area contributed by atoms with E-state index in [4.69, 9.17) is 14.7 Å². The van der Waals surface area contributed by atoms with Crippen LogP contribution in [0.15, 0.2) is 108 Å². The normalized spacial score (nSPS) is 14.3. The molecule has 2 aromatic heterocycles. The molecular weight excluding hydrogens is 496 g/mol. The number of halogens is 1. The Morgan fingerprint density at radius 2 is 1.23 bits per heavy atom. The molecule has 0 unspecified atom stereocenters. The van der Waals surface area contributed by atoms with Crippen LogP contribution >= 0.6 is 15.9 Å². The Hall–Kier alpha value is -4.02. The molecule has 4 heteroatoms. The Labute approximate surface area is 210 Å². The Bertz CT molecular complexity index is 1770. The van der Waals surface area contributed by atoms with Crippen LogP contribution < -0.4 is 4.74 Å². The second kappa shape index (κ2) is 6.77. The van der Waals surface area contributed by atoms with Gasteiger partial charge in [0.05, 0.1) is 16.8 Å². The lowest BCUT2D eigenvalue weighted by atomic mass is 9.65. The fourth-order valence-corrected chi connectivity index (χ4v) is 6.41. The summed E-state index contributed by atoms with van der Waals surface area (Å²) in [5.74, 6) is 1.80. The fourth-order valence-electron chi connectivity index (χ4n) is 6.08. The van der Waals surface area contributed by atoms with Crippen LogP contribution in [0.1, 0.15) is 22.3 Å². The first-order valence-electron chi connectivity index (χ1n) is 11.6. The molecule has 4 aromatic carbocycles.